The molecule has 0 radical (unpaired) electrons. The predicted octanol–water partition coefficient (Wildman–Crippen LogP) is 4.29. The molecule has 0 aromatic rings. The molecule has 0 unspecified atom stereocenters. The maximum absolute atomic E-state index is 8.25. The van der Waals surface area contributed by atoms with E-state index >= 15 is 0 Å². The molecule has 4 heteroatoms. The van der Waals surface area contributed by atoms with E-state index < -0.39 is 0 Å². The van der Waals surface area contributed by atoms with Gasteiger partial charge in [0.2, 0.25) is 0 Å². The van der Waals surface area contributed by atoms with Crippen LogP contribution in [0.2, 0.25) is 0 Å². The Kier molecular flexibility index (Phi) is 105. The summed E-state index contributed by atoms with van der Waals surface area (Å²) in [4.78, 5) is 0. The summed E-state index contributed by atoms with van der Waals surface area (Å²) in [6.45, 7) is 16.1. The Labute approximate surface area is 133 Å². The Bertz CT molecular complexity index is 66.3. The van der Waals surface area contributed by atoms with Gasteiger partial charge in [-0.1, -0.05) is 47.0 Å². The van der Waals surface area contributed by atoms with Crippen molar-refractivity contribution in [1.29, 1.82) is 0 Å². The normalized spacial score (nSPS) is 7.26. The molecule has 19 heavy (non-hydrogen) atoms. The first-order valence-corrected chi connectivity index (χ1v) is 7.80. The van der Waals surface area contributed by atoms with E-state index in [-0.39, 0.29) is 0 Å². The monoisotopic (exact) mass is 312 g/mol. The van der Waals surface area contributed by atoms with Crippen LogP contribution >= 0.6 is 0 Å². The van der Waals surface area contributed by atoms with Crippen molar-refractivity contribution in [3.8, 4) is 0 Å². The number of rotatable bonds is 5. The van der Waals surface area contributed by atoms with Gasteiger partial charge in [-0.15, -0.1) is 0 Å². The molecule has 0 aromatic heterocycles. The van der Waals surface area contributed by atoms with Crippen molar-refractivity contribution in [2.24, 2.45) is 0 Å². The quantitative estimate of drug-likeness (QED) is 0.588. The zero-order valence-electron chi connectivity index (χ0n) is 13.6. The summed E-state index contributed by atoms with van der Waals surface area (Å²) in [5.41, 5.74) is 0. The summed E-state index contributed by atoms with van der Waals surface area (Å²) < 4.78 is 8.25. The van der Waals surface area contributed by atoms with Gasteiger partial charge in [0.1, 0.15) is 0 Å². The molecule has 0 aliphatic carbocycles. The summed E-state index contributed by atoms with van der Waals surface area (Å²) in [5.74, 6) is 0. The summed E-state index contributed by atoms with van der Waals surface area (Å²) in [6.07, 6.45) is 7.47. The number of unbranched alkanes of at least 4 members (excludes halogenated alkanes) is 3. The molecule has 0 rings (SSSR count). The van der Waals surface area contributed by atoms with E-state index in [1.54, 1.807) is 0 Å². The third-order valence-corrected chi connectivity index (χ3v) is 1.44. The van der Waals surface area contributed by atoms with Gasteiger partial charge in [-0.05, 0) is 12.8 Å². The molecule has 0 aliphatic heterocycles. The van der Waals surface area contributed by atoms with Crippen molar-refractivity contribution in [1.82, 2.24) is 0 Å². The van der Waals surface area contributed by atoms with Crippen LogP contribution in [0.3, 0.4) is 0 Å². The molecule has 0 aliphatic rings. The van der Waals surface area contributed by atoms with E-state index in [0.717, 1.165) is 52.5 Å². The first-order chi connectivity index (χ1) is 9.16. The van der Waals surface area contributed by atoms with E-state index in [2.05, 4.69) is 34.6 Å². The Morgan fingerprint density at radius 1 is 0.737 bits per heavy atom. The average molecular weight is 312 g/mol. The zero-order valence-corrected chi connectivity index (χ0v) is 15.1. The van der Waals surface area contributed by atoms with Gasteiger partial charge in [0.15, 0.2) is 0 Å². The fraction of sp³-hybridized carbons (Fsp3) is 0.867. The molecule has 118 valence electrons. The van der Waals surface area contributed by atoms with Gasteiger partial charge in [-0.25, -0.2) is 0 Å². The van der Waals surface area contributed by atoms with Gasteiger partial charge in [-0.3, -0.25) is 0 Å². The molecule has 0 amide bonds. The first kappa shape index (κ1) is 31.7. The molecule has 2 N–H and O–H groups in total. The summed E-state index contributed by atoms with van der Waals surface area (Å²) in [5, 5.41) is 15.9. The molecule has 0 spiro atoms. The van der Waals surface area contributed by atoms with Crippen LogP contribution in [0.15, 0.2) is 0 Å². The molecule has 3 nitrogen and oxygen atoms in total. The first-order valence-electron chi connectivity index (χ1n) is 7.17. The Balaban J connectivity index is -0.0000000441. The van der Waals surface area contributed by atoms with Crippen molar-refractivity contribution in [3.63, 3.8) is 0 Å². The molecular weight excluding hydrogens is 276 g/mol. The van der Waals surface area contributed by atoms with Crippen LogP contribution < -0.4 is 0 Å². The van der Waals surface area contributed by atoms with Crippen LogP contribution in [0.25, 0.3) is 0 Å². The van der Waals surface area contributed by atoms with Crippen molar-refractivity contribution in [3.05, 3.63) is 13.8 Å². The Hall–Kier alpha value is 0.434. The molecule has 0 atom stereocenters. The number of hydrogen-bond acceptors (Lipinski definition) is 3. The Morgan fingerprint density at radius 3 is 1.00 bits per heavy atom. The van der Waals surface area contributed by atoms with E-state index in [9.17, 15) is 0 Å². The average Bonchev–Trinajstić information content (AvgIpc) is 2.50. The fourth-order valence-corrected chi connectivity index (χ4v) is 0.158. The minimum atomic E-state index is 0.319. The predicted molar refractivity (Wildman–Crippen MR) is 80.6 cm³/mol. The van der Waals surface area contributed by atoms with Crippen molar-refractivity contribution in [2.45, 2.75) is 72.6 Å². The van der Waals surface area contributed by atoms with Crippen molar-refractivity contribution >= 4 is 0 Å². The fourth-order valence-electron chi connectivity index (χ4n) is 0.158. The van der Waals surface area contributed by atoms with Gasteiger partial charge in [0, 0.05) is 13.2 Å². The number of aliphatic hydroxyl groups is 2. The zero-order chi connectivity index (χ0) is 16.4. The van der Waals surface area contributed by atoms with Gasteiger partial charge < -0.3 is 24.1 Å². The van der Waals surface area contributed by atoms with Crippen LogP contribution in [0, 0.1) is 13.8 Å². The van der Waals surface area contributed by atoms with Crippen molar-refractivity contribution in [2.75, 3.05) is 13.2 Å². The summed E-state index contributed by atoms with van der Waals surface area (Å²) >= 11 is 0.750. The van der Waals surface area contributed by atoms with Crippen molar-refractivity contribution < 1.29 is 33.9 Å². The van der Waals surface area contributed by atoms with E-state index in [1.807, 2.05) is 6.92 Å². The van der Waals surface area contributed by atoms with Crippen LogP contribution in [0.4, 0.5) is 0 Å². The van der Waals surface area contributed by atoms with Crippen LogP contribution in [-0.4, -0.2) is 23.4 Å². The maximum atomic E-state index is 8.25. The second-order valence-corrected chi connectivity index (χ2v) is 3.51. The Morgan fingerprint density at radius 2 is 1.00 bits per heavy atom. The molecule has 0 bridgehead atoms. The second-order valence-electron chi connectivity index (χ2n) is 3.51. The molecule has 0 heterocycles. The van der Waals surface area contributed by atoms with Gasteiger partial charge >= 0.3 is 23.7 Å². The summed E-state index contributed by atoms with van der Waals surface area (Å²) in [7, 11) is 0. The third-order valence-electron chi connectivity index (χ3n) is 1.44. The topological polar surface area (TPSA) is 57.5 Å². The molecule has 0 saturated carbocycles. The van der Waals surface area contributed by atoms with Crippen LogP contribution in [-0.2, 0) is 23.7 Å². The van der Waals surface area contributed by atoms with E-state index in [4.69, 9.17) is 13.5 Å². The molecule has 0 saturated heterocycles. The van der Waals surface area contributed by atoms with Gasteiger partial charge in [0.25, 0.3) is 0 Å². The number of aliphatic hydroxyl groups excluding tert-OH is 2. The molecular formula is C15H36O3Ti. The number of hydrogen-bond donors (Lipinski definition) is 2. The molecule has 0 aromatic carbocycles. The SMILES string of the molecule is CCCCO.CCCO.[CH2-]CCC.[CH2-]CCC.[O]=[Ti+2]. The molecule has 0 fully saturated rings. The van der Waals surface area contributed by atoms with Gasteiger partial charge in [0.05, 0.1) is 0 Å². The minimum absolute atomic E-state index is 0.319. The van der Waals surface area contributed by atoms with E-state index in [0.29, 0.717) is 13.2 Å². The summed E-state index contributed by atoms with van der Waals surface area (Å²) in [6, 6.07) is 0. The standard InChI is InChI=1S/C4H10O.2C4H9.C3H8O.O.Ti/c1-2-3-4-5;2*1-3-4-2;1-2-3-4;;/h5H,2-4H2,1H3;2*1,3-4H2,2H3;4H,2-3H2,1H3;;/q;2*-1;;;+2. The van der Waals surface area contributed by atoms with Gasteiger partial charge in [-0.2, -0.15) is 12.8 Å². The second kappa shape index (κ2) is 63.0. The van der Waals surface area contributed by atoms with E-state index in [1.165, 1.54) is 12.8 Å². The van der Waals surface area contributed by atoms with Crippen LogP contribution in [0.1, 0.15) is 72.6 Å². The third kappa shape index (κ3) is 169. The van der Waals surface area contributed by atoms with Crippen LogP contribution in [0.5, 0.6) is 0 Å².